The maximum absolute atomic E-state index is 12.8. The molecule has 120 valence electrons. The van der Waals surface area contributed by atoms with Crippen LogP contribution in [0.1, 0.15) is 24.0 Å². The number of fused-ring (bicyclic) bond motifs is 1. The molecule has 0 spiro atoms. The van der Waals surface area contributed by atoms with Crippen molar-refractivity contribution in [2.45, 2.75) is 24.3 Å². The van der Waals surface area contributed by atoms with E-state index in [1.807, 2.05) is 0 Å². The SMILES string of the molecule is C[C@H]1C(=O)Nc2ccc(S(=O)(=O)NCc3ccc(F)cc3)cc21. The highest BCUT2D eigenvalue weighted by molar-refractivity contribution is 7.89. The second-order valence-corrected chi connectivity index (χ2v) is 7.18. The van der Waals surface area contributed by atoms with E-state index in [4.69, 9.17) is 0 Å². The average molecular weight is 334 g/mol. The molecule has 23 heavy (non-hydrogen) atoms. The van der Waals surface area contributed by atoms with Gasteiger partial charge >= 0.3 is 0 Å². The quantitative estimate of drug-likeness (QED) is 0.901. The Morgan fingerprint density at radius 1 is 1.17 bits per heavy atom. The summed E-state index contributed by atoms with van der Waals surface area (Å²) in [5, 5.41) is 2.70. The number of carbonyl (C=O) groups is 1. The number of sulfonamides is 1. The highest BCUT2D eigenvalue weighted by Gasteiger charge is 2.28. The summed E-state index contributed by atoms with van der Waals surface area (Å²) in [7, 11) is -3.71. The van der Waals surface area contributed by atoms with Gasteiger partial charge in [-0.25, -0.2) is 17.5 Å². The van der Waals surface area contributed by atoms with E-state index in [9.17, 15) is 17.6 Å². The summed E-state index contributed by atoms with van der Waals surface area (Å²) in [6.07, 6.45) is 0. The number of benzene rings is 2. The molecule has 1 amide bonds. The number of halogens is 1. The number of hydrogen-bond donors (Lipinski definition) is 2. The summed E-state index contributed by atoms with van der Waals surface area (Å²) in [4.78, 5) is 11.7. The summed E-state index contributed by atoms with van der Waals surface area (Å²) in [5.74, 6) is -0.896. The van der Waals surface area contributed by atoms with Gasteiger partial charge in [0.1, 0.15) is 5.82 Å². The van der Waals surface area contributed by atoms with Gasteiger partial charge in [0.2, 0.25) is 15.9 Å². The van der Waals surface area contributed by atoms with Crippen LogP contribution in [0.5, 0.6) is 0 Å². The molecule has 2 aromatic carbocycles. The lowest BCUT2D eigenvalue weighted by atomic mass is 10.0. The van der Waals surface area contributed by atoms with Gasteiger partial charge in [-0.2, -0.15) is 0 Å². The van der Waals surface area contributed by atoms with Crippen molar-refractivity contribution in [3.8, 4) is 0 Å². The number of anilines is 1. The zero-order valence-corrected chi connectivity index (χ0v) is 13.2. The lowest BCUT2D eigenvalue weighted by Gasteiger charge is -2.09. The third-order valence-electron chi connectivity index (χ3n) is 3.83. The van der Waals surface area contributed by atoms with Gasteiger partial charge in [0.15, 0.2) is 0 Å². The van der Waals surface area contributed by atoms with E-state index in [0.29, 0.717) is 16.8 Å². The van der Waals surface area contributed by atoms with Crippen molar-refractivity contribution in [1.82, 2.24) is 4.72 Å². The highest BCUT2D eigenvalue weighted by Crippen LogP contribution is 2.33. The molecule has 1 heterocycles. The minimum Gasteiger partial charge on any atom is -0.325 e. The van der Waals surface area contributed by atoms with Crippen LogP contribution in [0, 0.1) is 5.82 Å². The molecular formula is C16H15FN2O3S. The van der Waals surface area contributed by atoms with Crippen molar-refractivity contribution in [3.05, 3.63) is 59.4 Å². The first kappa shape index (κ1) is 15.6. The monoisotopic (exact) mass is 334 g/mol. The molecule has 7 heteroatoms. The second kappa shape index (κ2) is 5.75. The van der Waals surface area contributed by atoms with Gasteiger partial charge in [0.25, 0.3) is 0 Å². The Labute approximate surface area is 133 Å². The minimum absolute atomic E-state index is 0.0619. The Bertz CT molecular complexity index is 863. The molecular weight excluding hydrogens is 319 g/mol. The Morgan fingerprint density at radius 2 is 1.87 bits per heavy atom. The summed E-state index contributed by atoms with van der Waals surface area (Å²) in [6, 6.07) is 10.1. The first-order chi connectivity index (χ1) is 10.9. The lowest BCUT2D eigenvalue weighted by molar-refractivity contribution is -0.116. The van der Waals surface area contributed by atoms with Gasteiger partial charge in [-0.1, -0.05) is 12.1 Å². The molecule has 0 aliphatic carbocycles. The third kappa shape index (κ3) is 3.11. The normalized spacial score (nSPS) is 17.0. The lowest BCUT2D eigenvalue weighted by Crippen LogP contribution is -2.23. The van der Waals surface area contributed by atoms with Crippen LogP contribution >= 0.6 is 0 Å². The molecule has 0 unspecified atom stereocenters. The van der Waals surface area contributed by atoms with Crippen molar-refractivity contribution in [2.75, 3.05) is 5.32 Å². The molecule has 3 rings (SSSR count). The molecule has 1 aliphatic rings. The predicted molar refractivity (Wildman–Crippen MR) is 83.9 cm³/mol. The molecule has 0 fully saturated rings. The topological polar surface area (TPSA) is 75.3 Å². The largest absolute Gasteiger partial charge is 0.325 e. The van der Waals surface area contributed by atoms with E-state index < -0.39 is 10.0 Å². The molecule has 2 aromatic rings. The Morgan fingerprint density at radius 3 is 2.57 bits per heavy atom. The van der Waals surface area contributed by atoms with Crippen molar-refractivity contribution in [1.29, 1.82) is 0 Å². The molecule has 2 N–H and O–H groups in total. The van der Waals surface area contributed by atoms with E-state index >= 15 is 0 Å². The zero-order valence-electron chi connectivity index (χ0n) is 12.3. The minimum atomic E-state index is -3.71. The van der Waals surface area contributed by atoms with E-state index in [1.54, 1.807) is 13.0 Å². The maximum atomic E-state index is 12.8. The first-order valence-corrected chi connectivity index (χ1v) is 8.54. The number of carbonyl (C=O) groups excluding carboxylic acids is 1. The number of rotatable bonds is 4. The first-order valence-electron chi connectivity index (χ1n) is 7.06. The summed E-state index contributed by atoms with van der Waals surface area (Å²) in [5.41, 5.74) is 1.96. The van der Waals surface area contributed by atoms with Crippen LogP contribution in [0.2, 0.25) is 0 Å². The van der Waals surface area contributed by atoms with Crippen molar-refractivity contribution >= 4 is 21.6 Å². The van der Waals surface area contributed by atoms with E-state index in [1.165, 1.54) is 36.4 Å². The standard InChI is InChI=1S/C16H15FN2O3S/c1-10-14-8-13(6-7-15(14)19-16(10)20)23(21,22)18-9-11-2-4-12(17)5-3-11/h2-8,10,18H,9H2,1H3,(H,19,20)/t10-/m1/s1. The third-order valence-corrected chi connectivity index (χ3v) is 5.23. The number of amides is 1. The van der Waals surface area contributed by atoms with E-state index in [0.717, 1.165) is 0 Å². The molecule has 0 saturated heterocycles. The van der Waals surface area contributed by atoms with Crippen LogP contribution in [-0.4, -0.2) is 14.3 Å². The molecule has 0 saturated carbocycles. The van der Waals surface area contributed by atoms with Gasteiger partial charge in [-0.15, -0.1) is 0 Å². The number of hydrogen-bond acceptors (Lipinski definition) is 3. The van der Waals surface area contributed by atoms with Gasteiger partial charge < -0.3 is 5.32 Å². The Hall–Kier alpha value is -2.25. The molecule has 5 nitrogen and oxygen atoms in total. The Kier molecular flexibility index (Phi) is 3.91. The summed E-state index contributed by atoms with van der Waals surface area (Å²) in [6.45, 7) is 1.79. The summed E-state index contributed by atoms with van der Waals surface area (Å²) < 4.78 is 40.1. The van der Waals surface area contributed by atoms with Gasteiger partial charge in [-0.05, 0) is 48.4 Å². The average Bonchev–Trinajstić information content (AvgIpc) is 2.81. The Balaban J connectivity index is 1.80. The van der Waals surface area contributed by atoms with Crippen molar-refractivity contribution in [3.63, 3.8) is 0 Å². The fourth-order valence-electron chi connectivity index (χ4n) is 2.43. The number of nitrogens with one attached hydrogen (secondary N) is 2. The van der Waals surface area contributed by atoms with Crippen molar-refractivity contribution in [2.24, 2.45) is 0 Å². The maximum Gasteiger partial charge on any atom is 0.240 e. The van der Waals surface area contributed by atoms with E-state index in [2.05, 4.69) is 10.0 Å². The van der Waals surface area contributed by atoms with Gasteiger partial charge in [-0.3, -0.25) is 4.79 Å². The van der Waals surface area contributed by atoms with Crippen LogP contribution < -0.4 is 10.0 Å². The molecule has 0 radical (unpaired) electrons. The highest BCUT2D eigenvalue weighted by atomic mass is 32.2. The second-order valence-electron chi connectivity index (χ2n) is 5.41. The van der Waals surface area contributed by atoms with Crippen molar-refractivity contribution < 1.29 is 17.6 Å². The van der Waals surface area contributed by atoms with Gasteiger partial charge in [0, 0.05) is 12.2 Å². The van der Waals surface area contributed by atoms with Crippen LogP contribution in [0.25, 0.3) is 0 Å². The van der Waals surface area contributed by atoms with Crippen LogP contribution in [-0.2, 0) is 21.4 Å². The molecule has 0 bridgehead atoms. The zero-order chi connectivity index (χ0) is 16.6. The van der Waals surface area contributed by atoms with Crippen LogP contribution in [0.4, 0.5) is 10.1 Å². The van der Waals surface area contributed by atoms with Crippen LogP contribution in [0.3, 0.4) is 0 Å². The van der Waals surface area contributed by atoms with Gasteiger partial charge in [0.05, 0.1) is 10.8 Å². The molecule has 1 atom stereocenters. The molecule has 1 aliphatic heterocycles. The fourth-order valence-corrected chi connectivity index (χ4v) is 3.48. The van der Waals surface area contributed by atoms with Crippen LogP contribution in [0.15, 0.2) is 47.4 Å². The van der Waals surface area contributed by atoms with E-state index in [-0.39, 0.29) is 29.1 Å². The smallest absolute Gasteiger partial charge is 0.240 e. The predicted octanol–water partition coefficient (Wildman–Crippen LogP) is 2.36. The fraction of sp³-hybridized carbons (Fsp3) is 0.188. The summed E-state index contributed by atoms with van der Waals surface area (Å²) >= 11 is 0. The molecule has 0 aromatic heterocycles.